The number of nitrogens with one attached hydrogen (secondary N) is 1. The Bertz CT molecular complexity index is 1030. The molecule has 0 spiro atoms. The zero-order valence-corrected chi connectivity index (χ0v) is 17.4. The Balaban J connectivity index is 2.24. The number of nitrogens with zero attached hydrogens (tertiary/aromatic N) is 2. The van der Waals surface area contributed by atoms with Crippen molar-refractivity contribution in [2.45, 2.75) is 19.8 Å². The van der Waals surface area contributed by atoms with Crippen molar-refractivity contribution in [2.75, 3.05) is 12.4 Å². The molecular formula is C22H20IN3O. The molecular weight excluding hydrogens is 449 g/mol. The van der Waals surface area contributed by atoms with Gasteiger partial charge >= 0.3 is 0 Å². The molecule has 2 aromatic carbocycles. The molecule has 0 unspecified atom stereocenters. The second-order valence-corrected chi connectivity index (χ2v) is 7.55. The monoisotopic (exact) mass is 469 g/mol. The Hall–Kier alpha value is -2.59. The van der Waals surface area contributed by atoms with E-state index in [0.29, 0.717) is 18.4 Å². The van der Waals surface area contributed by atoms with Crippen molar-refractivity contribution in [1.29, 1.82) is 5.26 Å². The number of benzene rings is 2. The van der Waals surface area contributed by atoms with Gasteiger partial charge in [0.2, 0.25) is 0 Å². The number of anilines is 1. The van der Waals surface area contributed by atoms with Gasteiger partial charge in [-0.2, -0.15) is 5.26 Å². The van der Waals surface area contributed by atoms with Gasteiger partial charge in [-0.05, 0) is 90.0 Å². The van der Waals surface area contributed by atoms with Crippen LogP contribution in [0, 0.1) is 21.8 Å². The van der Waals surface area contributed by atoms with E-state index in [1.165, 1.54) is 0 Å². The highest BCUT2D eigenvalue weighted by atomic mass is 127. The van der Waals surface area contributed by atoms with Gasteiger partial charge in [0, 0.05) is 39.7 Å². The third kappa shape index (κ3) is 3.91. The smallest absolute Gasteiger partial charge is 0.120 e. The molecule has 0 aliphatic carbocycles. The summed E-state index contributed by atoms with van der Waals surface area (Å²) in [5.41, 5.74) is 6.97. The number of hydrogen-bond donors (Lipinski definition) is 1. The van der Waals surface area contributed by atoms with Gasteiger partial charge in [0.1, 0.15) is 6.29 Å². The summed E-state index contributed by atoms with van der Waals surface area (Å²) in [4.78, 5) is 10.9. The van der Waals surface area contributed by atoms with Crippen LogP contribution < -0.4 is 5.32 Å². The fourth-order valence-corrected chi connectivity index (χ4v) is 3.79. The zero-order chi connectivity index (χ0) is 19.4. The van der Waals surface area contributed by atoms with E-state index in [2.05, 4.69) is 68.9 Å². The van der Waals surface area contributed by atoms with Crippen molar-refractivity contribution in [3.8, 4) is 23.0 Å². The van der Waals surface area contributed by atoms with Crippen LogP contribution in [-0.2, 0) is 11.2 Å². The van der Waals surface area contributed by atoms with Gasteiger partial charge in [0.05, 0.1) is 17.3 Å². The topological polar surface area (TPSA) is 57.8 Å². The van der Waals surface area contributed by atoms with Gasteiger partial charge in [-0.3, -0.25) is 0 Å². The number of nitriles is 1. The Morgan fingerprint density at radius 3 is 2.67 bits per heavy atom. The highest BCUT2D eigenvalue weighted by Crippen LogP contribution is 2.34. The molecule has 1 aromatic heterocycles. The summed E-state index contributed by atoms with van der Waals surface area (Å²) in [6, 6.07) is 18.4. The van der Waals surface area contributed by atoms with Gasteiger partial charge in [0.15, 0.2) is 0 Å². The van der Waals surface area contributed by atoms with E-state index < -0.39 is 0 Å². The number of aldehydes is 1. The molecule has 1 heterocycles. The van der Waals surface area contributed by atoms with Gasteiger partial charge in [0.25, 0.3) is 0 Å². The quantitative estimate of drug-likeness (QED) is 0.404. The SMILES string of the molecule is CNc1cc(I)ccc1-c1ccc(CCC=O)n1-c1ccc(C#N)cc1C. The number of aryl methyl sites for hydroxylation is 2. The Kier molecular flexibility index (Phi) is 5.97. The van der Waals surface area contributed by atoms with E-state index >= 15 is 0 Å². The highest BCUT2D eigenvalue weighted by molar-refractivity contribution is 14.1. The van der Waals surface area contributed by atoms with Crippen molar-refractivity contribution < 1.29 is 4.79 Å². The summed E-state index contributed by atoms with van der Waals surface area (Å²) in [6.45, 7) is 2.01. The molecule has 0 atom stereocenters. The lowest BCUT2D eigenvalue weighted by molar-refractivity contribution is -0.107. The molecule has 136 valence electrons. The number of hydrogen-bond acceptors (Lipinski definition) is 3. The van der Waals surface area contributed by atoms with Crippen LogP contribution >= 0.6 is 22.6 Å². The largest absolute Gasteiger partial charge is 0.388 e. The van der Waals surface area contributed by atoms with Crippen LogP contribution in [0.3, 0.4) is 0 Å². The predicted octanol–water partition coefficient (Wildman–Crippen LogP) is 5.10. The molecule has 4 nitrogen and oxygen atoms in total. The van der Waals surface area contributed by atoms with Gasteiger partial charge in [-0.15, -0.1) is 0 Å². The molecule has 0 aliphatic rings. The lowest BCUT2D eigenvalue weighted by atomic mass is 10.1. The third-order valence-corrected chi connectivity index (χ3v) is 5.24. The molecule has 5 heteroatoms. The highest BCUT2D eigenvalue weighted by Gasteiger charge is 2.16. The second-order valence-electron chi connectivity index (χ2n) is 6.30. The van der Waals surface area contributed by atoms with Crippen LogP contribution in [0.15, 0.2) is 48.5 Å². The normalized spacial score (nSPS) is 10.4. The summed E-state index contributed by atoms with van der Waals surface area (Å²) >= 11 is 2.31. The van der Waals surface area contributed by atoms with Gasteiger partial charge < -0.3 is 14.7 Å². The van der Waals surface area contributed by atoms with E-state index in [9.17, 15) is 10.1 Å². The third-order valence-electron chi connectivity index (χ3n) is 4.57. The first-order valence-corrected chi connectivity index (χ1v) is 9.80. The van der Waals surface area contributed by atoms with Crippen molar-refractivity contribution in [3.63, 3.8) is 0 Å². The summed E-state index contributed by atoms with van der Waals surface area (Å²) < 4.78 is 3.36. The predicted molar refractivity (Wildman–Crippen MR) is 117 cm³/mol. The first kappa shape index (κ1) is 19.2. The maximum Gasteiger partial charge on any atom is 0.120 e. The Morgan fingerprint density at radius 2 is 2.00 bits per heavy atom. The van der Waals surface area contributed by atoms with Crippen LogP contribution in [0.4, 0.5) is 5.69 Å². The average molecular weight is 469 g/mol. The zero-order valence-electron chi connectivity index (χ0n) is 15.3. The minimum atomic E-state index is 0.477. The summed E-state index contributed by atoms with van der Waals surface area (Å²) in [5.74, 6) is 0. The van der Waals surface area contributed by atoms with Crippen LogP contribution in [0.1, 0.15) is 23.2 Å². The number of aromatic nitrogens is 1. The second kappa shape index (κ2) is 8.40. The van der Waals surface area contributed by atoms with E-state index in [1.807, 2.05) is 32.2 Å². The standard InChI is InChI=1S/C22H20IN3O/c1-15-12-16(14-24)5-9-21(15)26-18(4-3-11-27)7-10-22(26)19-8-6-17(23)13-20(19)25-2/h5-13,25H,3-4H2,1-2H3. The summed E-state index contributed by atoms with van der Waals surface area (Å²) in [5, 5.41) is 12.5. The minimum Gasteiger partial charge on any atom is -0.388 e. The minimum absolute atomic E-state index is 0.477. The first-order chi connectivity index (χ1) is 13.1. The van der Waals surface area contributed by atoms with Crippen LogP contribution in [0.25, 0.3) is 16.9 Å². The van der Waals surface area contributed by atoms with E-state index in [1.54, 1.807) is 0 Å². The molecule has 3 aromatic rings. The molecule has 0 saturated carbocycles. The Labute approximate surface area is 173 Å². The van der Waals surface area contributed by atoms with Gasteiger partial charge in [-0.1, -0.05) is 0 Å². The van der Waals surface area contributed by atoms with E-state index in [-0.39, 0.29) is 0 Å². The lowest BCUT2D eigenvalue weighted by Gasteiger charge is -2.18. The molecule has 0 amide bonds. The van der Waals surface area contributed by atoms with Crippen LogP contribution in [-0.4, -0.2) is 17.9 Å². The summed E-state index contributed by atoms with van der Waals surface area (Å²) in [6.07, 6.45) is 2.10. The Morgan fingerprint density at radius 1 is 1.19 bits per heavy atom. The molecule has 1 N–H and O–H groups in total. The maximum atomic E-state index is 10.9. The number of carbonyl (C=O) groups excluding carboxylic acids is 1. The number of rotatable bonds is 6. The molecule has 0 saturated heterocycles. The van der Waals surface area contributed by atoms with Crippen LogP contribution in [0.5, 0.6) is 0 Å². The fourth-order valence-electron chi connectivity index (χ4n) is 3.30. The van der Waals surface area contributed by atoms with E-state index in [0.717, 1.165) is 43.7 Å². The molecule has 0 radical (unpaired) electrons. The van der Waals surface area contributed by atoms with E-state index in [4.69, 9.17) is 0 Å². The van der Waals surface area contributed by atoms with Crippen molar-refractivity contribution in [3.05, 3.63) is 68.9 Å². The van der Waals surface area contributed by atoms with Crippen molar-refractivity contribution in [2.24, 2.45) is 0 Å². The fraction of sp³-hybridized carbons (Fsp3) is 0.182. The number of halogens is 1. The summed E-state index contributed by atoms with van der Waals surface area (Å²) in [7, 11) is 1.92. The molecule has 0 aliphatic heterocycles. The average Bonchev–Trinajstić information content (AvgIpc) is 3.09. The molecule has 0 bridgehead atoms. The lowest BCUT2D eigenvalue weighted by Crippen LogP contribution is -2.06. The molecule has 0 fully saturated rings. The van der Waals surface area contributed by atoms with Crippen molar-refractivity contribution in [1.82, 2.24) is 4.57 Å². The van der Waals surface area contributed by atoms with Crippen molar-refractivity contribution >= 4 is 34.6 Å². The maximum absolute atomic E-state index is 10.9. The first-order valence-electron chi connectivity index (χ1n) is 8.72. The molecule has 3 rings (SSSR count). The molecule has 27 heavy (non-hydrogen) atoms. The van der Waals surface area contributed by atoms with Gasteiger partial charge in [-0.25, -0.2) is 0 Å². The van der Waals surface area contributed by atoms with Crippen LogP contribution in [0.2, 0.25) is 0 Å². The number of carbonyl (C=O) groups is 1.